The second-order valence-electron chi connectivity index (χ2n) is 7.29. The standard InChI is InChI=1S/C23H28ClN3O2S2.ClH/c1-4-29-19-7-5-8-20-22(19)25-23(31-20)27(15-14-26(2)3)21(28)9-6-16-30-18-12-10-17(24)11-13-18;/h5,7-8,10-13H,4,6,9,14-16H2,1-3H3;1H. The number of thiazole rings is 1. The fourth-order valence-electron chi connectivity index (χ4n) is 3.01. The van der Waals surface area contributed by atoms with E-state index in [4.69, 9.17) is 21.3 Å². The molecule has 0 atom stereocenters. The van der Waals surface area contributed by atoms with Gasteiger partial charge in [-0.1, -0.05) is 29.0 Å². The Balaban J connectivity index is 0.00000363. The van der Waals surface area contributed by atoms with E-state index in [0.717, 1.165) is 49.7 Å². The summed E-state index contributed by atoms with van der Waals surface area (Å²) in [4.78, 5) is 23.0. The summed E-state index contributed by atoms with van der Waals surface area (Å²) >= 11 is 9.22. The zero-order valence-corrected chi connectivity index (χ0v) is 21.8. The summed E-state index contributed by atoms with van der Waals surface area (Å²) in [6, 6.07) is 13.7. The Kier molecular flexibility index (Phi) is 11.1. The first-order chi connectivity index (χ1) is 15.0. The van der Waals surface area contributed by atoms with Crippen LogP contribution in [0.1, 0.15) is 19.8 Å². The molecule has 0 saturated carbocycles. The molecule has 0 aliphatic carbocycles. The minimum Gasteiger partial charge on any atom is -0.492 e. The lowest BCUT2D eigenvalue weighted by molar-refractivity contribution is -0.118. The van der Waals surface area contributed by atoms with Gasteiger partial charge in [-0.05, 0) is 69.6 Å². The summed E-state index contributed by atoms with van der Waals surface area (Å²) in [5.74, 6) is 1.75. The minimum atomic E-state index is 0. The summed E-state index contributed by atoms with van der Waals surface area (Å²) in [5, 5.41) is 1.47. The molecule has 0 aliphatic heterocycles. The van der Waals surface area contributed by atoms with Gasteiger partial charge in [-0.25, -0.2) is 4.98 Å². The van der Waals surface area contributed by atoms with Crippen molar-refractivity contribution in [3.63, 3.8) is 0 Å². The van der Waals surface area contributed by atoms with Gasteiger partial charge in [0.1, 0.15) is 11.3 Å². The molecule has 3 rings (SSSR count). The van der Waals surface area contributed by atoms with Gasteiger partial charge in [0.2, 0.25) is 5.91 Å². The minimum absolute atomic E-state index is 0. The number of carbonyl (C=O) groups is 1. The maximum Gasteiger partial charge on any atom is 0.228 e. The van der Waals surface area contributed by atoms with Gasteiger partial charge in [0.25, 0.3) is 0 Å². The molecule has 0 saturated heterocycles. The Morgan fingerprint density at radius 1 is 1.16 bits per heavy atom. The monoisotopic (exact) mass is 513 g/mol. The Bertz CT molecular complexity index is 997. The van der Waals surface area contributed by atoms with E-state index >= 15 is 0 Å². The van der Waals surface area contributed by atoms with Gasteiger partial charge in [0, 0.05) is 29.4 Å². The molecule has 5 nitrogen and oxygen atoms in total. The summed E-state index contributed by atoms with van der Waals surface area (Å²) in [6.45, 7) is 3.93. The van der Waals surface area contributed by atoms with Gasteiger partial charge >= 0.3 is 0 Å². The van der Waals surface area contributed by atoms with Gasteiger partial charge in [-0.2, -0.15) is 0 Å². The number of para-hydroxylation sites is 1. The fourth-order valence-corrected chi connectivity index (χ4v) is 5.01. The molecule has 2 aromatic carbocycles. The van der Waals surface area contributed by atoms with Crippen LogP contribution in [-0.4, -0.2) is 55.3 Å². The largest absolute Gasteiger partial charge is 0.492 e. The number of fused-ring (bicyclic) bond motifs is 1. The smallest absolute Gasteiger partial charge is 0.228 e. The zero-order valence-electron chi connectivity index (χ0n) is 18.5. The predicted molar refractivity (Wildman–Crippen MR) is 140 cm³/mol. The number of nitrogens with zero attached hydrogens (tertiary/aromatic N) is 3. The first-order valence-corrected chi connectivity index (χ1v) is 12.5. The van der Waals surface area contributed by atoms with Crippen LogP contribution in [0, 0.1) is 0 Å². The highest BCUT2D eigenvalue weighted by atomic mass is 35.5. The highest BCUT2D eigenvalue weighted by Crippen LogP contribution is 2.34. The van der Waals surface area contributed by atoms with Crippen LogP contribution >= 0.6 is 47.1 Å². The van der Waals surface area contributed by atoms with E-state index in [2.05, 4.69) is 4.90 Å². The molecule has 0 radical (unpaired) electrons. The number of anilines is 1. The molecule has 1 amide bonds. The normalized spacial score (nSPS) is 10.9. The van der Waals surface area contributed by atoms with Crippen molar-refractivity contribution in [2.24, 2.45) is 0 Å². The van der Waals surface area contributed by atoms with Crippen LogP contribution in [0.2, 0.25) is 5.02 Å². The van der Waals surface area contributed by atoms with Crippen LogP contribution in [0.25, 0.3) is 10.2 Å². The van der Waals surface area contributed by atoms with Crippen molar-refractivity contribution in [1.82, 2.24) is 9.88 Å². The third-order valence-corrected chi connectivity index (χ3v) is 6.98. The Morgan fingerprint density at radius 2 is 1.91 bits per heavy atom. The molecular formula is C23H29Cl2N3O2S2. The van der Waals surface area contributed by atoms with Gasteiger partial charge in [-0.15, -0.1) is 24.2 Å². The summed E-state index contributed by atoms with van der Waals surface area (Å²) < 4.78 is 6.75. The highest BCUT2D eigenvalue weighted by Gasteiger charge is 2.20. The average molecular weight is 515 g/mol. The molecule has 0 bridgehead atoms. The lowest BCUT2D eigenvalue weighted by Gasteiger charge is -2.22. The molecule has 0 fully saturated rings. The number of rotatable bonds is 11. The third kappa shape index (κ3) is 7.52. The maximum absolute atomic E-state index is 13.1. The van der Waals surface area contributed by atoms with Gasteiger partial charge in [-0.3, -0.25) is 9.69 Å². The molecule has 0 unspecified atom stereocenters. The van der Waals surface area contributed by atoms with Crippen LogP contribution in [0.4, 0.5) is 5.13 Å². The Morgan fingerprint density at radius 3 is 2.59 bits per heavy atom. The SMILES string of the molecule is CCOc1cccc2sc(N(CCN(C)C)C(=O)CCCSc3ccc(Cl)cc3)nc12.Cl. The highest BCUT2D eigenvalue weighted by molar-refractivity contribution is 7.99. The maximum atomic E-state index is 13.1. The second-order valence-corrected chi connectivity index (χ2v) is 9.90. The van der Waals surface area contributed by atoms with E-state index in [0.29, 0.717) is 19.6 Å². The number of benzene rings is 2. The number of aromatic nitrogens is 1. The van der Waals surface area contributed by atoms with Crippen molar-refractivity contribution in [1.29, 1.82) is 0 Å². The number of halogens is 2. The first-order valence-electron chi connectivity index (χ1n) is 10.3. The molecule has 9 heteroatoms. The van der Waals surface area contributed by atoms with Crippen molar-refractivity contribution >= 4 is 68.4 Å². The molecular weight excluding hydrogens is 485 g/mol. The van der Waals surface area contributed by atoms with Crippen LogP contribution in [0.5, 0.6) is 5.75 Å². The third-order valence-electron chi connectivity index (χ3n) is 4.59. The molecule has 1 heterocycles. The Labute approximate surface area is 209 Å². The van der Waals surface area contributed by atoms with E-state index in [1.165, 1.54) is 0 Å². The van der Waals surface area contributed by atoms with Crippen molar-refractivity contribution in [2.75, 3.05) is 44.4 Å². The predicted octanol–water partition coefficient (Wildman–Crippen LogP) is 6.24. The lowest BCUT2D eigenvalue weighted by atomic mass is 10.3. The van der Waals surface area contributed by atoms with E-state index in [9.17, 15) is 4.79 Å². The number of amides is 1. The first kappa shape index (κ1) is 26.7. The Hall–Kier alpha value is -1.51. The summed E-state index contributed by atoms with van der Waals surface area (Å²) in [7, 11) is 4.02. The van der Waals surface area contributed by atoms with E-state index in [-0.39, 0.29) is 18.3 Å². The van der Waals surface area contributed by atoms with E-state index in [1.54, 1.807) is 23.1 Å². The number of ether oxygens (including phenoxy) is 1. The molecule has 1 aromatic heterocycles. The zero-order chi connectivity index (χ0) is 22.2. The number of hydrogen-bond donors (Lipinski definition) is 0. The lowest BCUT2D eigenvalue weighted by Crippen LogP contribution is -2.36. The van der Waals surface area contributed by atoms with Crippen molar-refractivity contribution in [3.8, 4) is 5.75 Å². The summed E-state index contributed by atoms with van der Waals surface area (Å²) in [6.07, 6.45) is 1.29. The molecule has 32 heavy (non-hydrogen) atoms. The molecule has 0 aliphatic rings. The van der Waals surface area contributed by atoms with E-state index < -0.39 is 0 Å². The van der Waals surface area contributed by atoms with Crippen molar-refractivity contribution < 1.29 is 9.53 Å². The fraction of sp³-hybridized carbons (Fsp3) is 0.391. The number of hydrogen-bond acceptors (Lipinski definition) is 6. The molecule has 0 spiro atoms. The van der Waals surface area contributed by atoms with E-state index in [1.807, 2.05) is 68.4 Å². The average Bonchev–Trinajstić information content (AvgIpc) is 3.17. The number of carbonyl (C=O) groups excluding carboxylic acids is 1. The quantitative estimate of drug-likeness (QED) is 0.224. The summed E-state index contributed by atoms with van der Waals surface area (Å²) in [5.41, 5.74) is 0.824. The molecule has 174 valence electrons. The van der Waals surface area contributed by atoms with Gasteiger partial charge in [0.05, 0.1) is 11.3 Å². The van der Waals surface area contributed by atoms with Crippen LogP contribution in [-0.2, 0) is 4.79 Å². The topological polar surface area (TPSA) is 45.7 Å². The second kappa shape index (κ2) is 13.3. The van der Waals surface area contributed by atoms with Gasteiger partial charge < -0.3 is 9.64 Å². The van der Waals surface area contributed by atoms with Crippen molar-refractivity contribution in [3.05, 3.63) is 47.5 Å². The van der Waals surface area contributed by atoms with Gasteiger partial charge in [0.15, 0.2) is 5.13 Å². The van der Waals surface area contributed by atoms with Crippen LogP contribution in [0.15, 0.2) is 47.4 Å². The molecule has 0 N–H and O–H groups in total. The number of thioether (sulfide) groups is 1. The van der Waals surface area contributed by atoms with Crippen LogP contribution < -0.4 is 9.64 Å². The molecule has 3 aromatic rings. The number of likely N-dealkylation sites (N-methyl/N-ethyl adjacent to an activating group) is 1. The van der Waals surface area contributed by atoms with Crippen LogP contribution in [0.3, 0.4) is 0 Å². The van der Waals surface area contributed by atoms with Crippen molar-refractivity contribution in [2.45, 2.75) is 24.7 Å².